The molecule has 0 aromatic carbocycles. The van der Waals surface area contributed by atoms with E-state index in [1.165, 1.54) is 32.2 Å². The molecular formula is C10H21N. The van der Waals surface area contributed by atoms with Crippen molar-refractivity contribution in [2.45, 2.75) is 45.6 Å². The molecule has 0 amide bonds. The first-order valence-corrected chi connectivity index (χ1v) is 4.96. The highest BCUT2D eigenvalue weighted by Crippen LogP contribution is 2.23. The van der Waals surface area contributed by atoms with Gasteiger partial charge in [-0.05, 0) is 39.3 Å². The molecule has 1 heteroatoms. The molecule has 1 rings (SSSR count). The number of nitrogens with zero attached hydrogens (tertiary/aromatic N) is 1. The van der Waals surface area contributed by atoms with Gasteiger partial charge in [-0.15, -0.1) is 0 Å². The van der Waals surface area contributed by atoms with Gasteiger partial charge in [0.1, 0.15) is 0 Å². The van der Waals surface area contributed by atoms with E-state index in [1.807, 2.05) is 0 Å². The summed E-state index contributed by atoms with van der Waals surface area (Å²) in [6.07, 6.45) is 5.64. The number of rotatable bonds is 1. The largest absolute Gasteiger partial charge is 0.303 e. The fourth-order valence-electron chi connectivity index (χ4n) is 2.12. The van der Waals surface area contributed by atoms with Crippen molar-refractivity contribution in [2.75, 3.05) is 13.6 Å². The quantitative estimate of drug-likeness (QED) is 0.562. The zero-order chi connectivity index (χ0) is 8.27. The Kier molecular flexibility index (Phi) is 3.38. The molecule has 2 atom stereocenters. The molecule has 66 valence electrons. The first-order chi connectivity index (χ1) is 5.25. The maximum atomic E-state index is 2.52. The zero-order valence-corrected chi connectivity index (χ0v) is 8.14. The summed E-state index contributed by atoms with van der Waals surface area (Å²) in [6, 6.07) is 0.808. The second-order valence-electron chi connectivity index (χ2n) is 3.89. The Morgan fingerprint density at radius 3 is 2.73 bits per heavy atom. The molecule has 0 unspecified atom stereocenters. The summed E-state index contributed by atoms with van der Waals surface area (Å²) in [7, 11) is 2.26. The molecule has 0 saturated carbocycles. The maximum Gasteiger partial charge on any atom is 0.00920 e. The van der Waals surface area contributed by atoms with Gasteiger partial charge in [-0.2, -0.15) is 0 Å². The van der Waals surface area contributed by atoms with E-state index in [9.17, 15) is 0 Å². The Labute approximate surface area is 70.8 Å². The summed E-state index contributed by atoms with van der Waals surface area (Å²) in [4.78, 5) is 2.52. The number of hydrogen-bond donors (Lipinski definition) is 0. The Morgan fingerprint density at radius 2 is 2.09 bits per heavy atom. The highest BCUT2D eigenvalue weighted by molar-refractivity contribution is 4.75. The molecule has 0 aromatic heterocycles. The Morgan fingerprint density at radius 1 is 1.36 bits per heavy atom. The third kappa shape index (κ3) is 2.19. The van der Waals surface area contributed by atoms with Gasteiger partial charge in [-0.3, -0.25) is 0 Å². The van der Waals surface area contributed by atoms with E-state index < -0.39 is 0 Å². The zero-order valence-electron chi connectivity index (χ0n) is 8.14. The van der Waals surface area contributed by atoms with E-state index in [-0.39, 0.29) is 0 Å². The van der Waals surface area contributed by atoms with Gasteiger partial charge in [0, 0.05) is 6.04 Å². The van der Waals surface area contributed by atoms with Crippen molar-refractivity contribution in [1.29, 1.82) is 0 Å². The van der Waals surface area contributed by atoms with Crippen LogP contribution in [0.1, 0.15) is 39.5 Å². The Balaban J connectivity index is 2.49. The normalized spacial score (nSPS) is 35.2. The predicted molar refractivity (Wildman–Crippen MR) is 49.7 cm³/mol. The summed E-state index contributed by atoms with van der Waals surface area (Å²) in [5.74, 6) is 0.947. The van der Waals surface area contributed by atoms with Gasteiger partial charge in [-0.1, -0.05) is 19.8 Å². The SMILES string of the molecule is CC[C@@H]1CCCCN(C)[C@@H]1C. The van der Waals surface area contributed by atoms with Gasteiger partial charge in [0.25, 0.3) is 0 Å². The Bertz CT molecular complexity index is 111. The van der Waals surface area contributed by atoms with Crippen LogP contribution in [0.15, 0.2) is 0 Å². The molecule has 1 aliphatic heterocycles. The molecule has 0 bridgehead atoms. The third-order valence-corrected chi connectivity index (χ3v) is 3.24. The van der Waals surface area contributed by atoms with Crippen LogP contribution in [0.2, 0.25) is 0 Å². The van der Waals surface area contributed by atoms with E-state index in [0.29, 0.717) is 0 Å². The molecular weight excluding hydrogens is 134 g/mol. The van der Waals surface area contributed by atoms with E-state index in [4.69, 9.17) is 0 Å². The molecule has 0 radical (unpaired) electrons. The molecule has 1 aliphatic rings. The molecule has 11 heavy (non-hydrogen) atoms. The fraction of sp³-hybridized carbons (Fsp3) is 1.00. The molecule has 0 N–H and O–H groups in total. The minimum absolute atomic E-state index is 0.808. The molecule has 1 saturated heterocycles. The van der Waals surface area contributed by atoms with Crippen LogP contribution in [0.25, 0.3) is 0 Å². The van der Waals surface area contributed by atoms with Crippen LogP contribution in [-0.2, 0) is 0 Å². The smallest absolute Gasteiger partial charge is 0.00920 e. The van der Waals surface area contributed by atoms with Crippen molar-refractivity contribution < 1.29 is 0 Å². The molecule has 1 nitrogen and oxygen atoms in total. The average Bonchev–Trinajstić information content (AvgIpc) is 2.16. The molecule has 1 heterocycles. The van der Waals surface area contributed by atoms with E-state index in [1.54, 1.807) is 0 Å². The highest BCUT2D eigenvalue weighted by atomic mass is 15.1. The van der Waals surface area contributed by atoms with Gasteiger partial charge >= 0.3 is 0 Å². The minimum atomic E-state index is 0.808. The first kappa shape index (κ1) is 9.05. The molecule has 0 spiro atoms. The van der Waals surface area contributed by atoms with Gasteiger partial charge in [0.05, 0.1) is 0 Å². The predicted octanol–water partition coefficient (Wildman–Crippen LogP) is 2.52. The van der Waals surface area contributed by atoms with Crippen molar-refractivity contribution in [3.8, 4) is 0 Å². The van der Waals surface area contributed by atoms with Crippen molar-refractivity contribution >= 4 is 0 Å². The van der Waals surface area contributed by atoms with Crippen molar-refractivity contribution in [3.05, 3.63) is 0 Å². The summed E-state index contributed by atoms with van der Waals surface area (Å²) >= 11 is 0. The average molecular weight is 155 g/mol. The van der Waals surface area contributed by atoms with Gasteiger partial charge < -0.3 is 4.90 Å². The lowest BCUT2D eigenvalue weighted by Crippen LogP contribution is -2.33. The van der Waals surface area contributed by atoms with Gasteiger partial charge in [-0.25, -0.2) is 0 Å². The second kappa shape index (κ2) is 4.10. The van der Waals surface area contributed by atoms with E-state index >= 15 is 0 Å². The lowest BCUT2D eigenvalue weighted by atomic mass is 9.94. The standard InChI is InChI=1S/C10H21N/c1-4-10-7-5-6-8-11(3)9(10)2/h9-10H,4-8H2,1-3H3/t9-,10-/m1/s1. The summed E-state index contributed by atoms with van der Waals surface area (Å²) < 4.78 is 0. The van der Waals surface area contributed by atoms with Crippen LogP contribution < -0.4 is 0 Å². The maximum absolute atomic E-state index is 2.52. The van der Waals surface area contributed by atoms with Gasteiger partial charge in [0.15, 0.2) is 0 Å². The van der Waals surface area contributed by atoms with Crippen LogP contribution in [0.4, 0.5) is 0 Å². The fourth-order valence-corrected chi connectivity index (χ4v) is 2.12. The van der Waals surface area contributed by atoms with Crippen LogP contribution in [0, 0.1) is 5.92 Å². The monoisotopic (exact) mass is 155 g/mol. The summed E-state index contributed by atoms with van der Waals surface area (Å²) in [5, 5.41) is 0. The lowest BCUT2D eigenvalue weighted by Gasteiger charge is -2.28. The van der Waals surface area contributed by atoms with Crippen molar-refractivity contribution in [2.24, 2.45) is 5.92 Å². The van der Waals surface area contributed by atoms with Crippen LogP contribution in [-0.4, -0.2) is 24.5 Å². The van der Waals surface area contributed by atoms with Gasteiger partial charge in [0.2, 0.25) is 0 Å². The third-order valence-electron chi connectivity index (χ3n) is 3.24. The van der Waals surface area contributed by atoms with Crippen molar-refractivity contribution in [1.82, 2.24) is 4.90 Å². The van der Waals surface area contributed by atoms with Crippen LogP contribution in [0.5, 0.6) is 0 Å². The Hall–Kier alpha value is -0.0400. The number of hydrogen-bond acceptors (Lipinski definition) is 1. The van der Waals surface area contributed by atoms with Crippen LogP contribution in [0.3, 0.4) is 0 Å². The molecule has 0 aliphatic carbocycles. The summed E-state index contributed by atoms with van der Waals surface area (Å²) in [5.41, 5.74) is 0. The van der Waals surface area contributed by atoms with Crippen LogP contribution >= 0.6 is 0 Å². The van der Waals surface area contributed by atoms with Crippen molar-refractivity contribution in [3.63, 3.8) is 0 Å². The lowest BCUT2D eigenvalue weighted by molar-refractivity contribution is 0.203. The first-order valence-electron chi connectivity index (χ1n) is 4.96. The summed E-state index contributed by atoms with van der Waals surface area (Å²) in [6.45, 7) is 6.00. The minimum Gasteiger partial charge on any atom is -0.303 e. The van der Waals surface area contributed by atoms with E-state index in [0.717, 1.165) is 12.0 Å². The molecule has 1 fully saturated rings. The number of likely N-dealkylation sites (tertiary alicyclic amines) is 1. The van der Waals surface area contributed by atoms with E-state index in [2.05, 4.69) is 25.8 Å². The second-order valence-corrected chi connectivity index (χ2v) is 3.89. The highest BCUT2D eigenvalue weighted by Gasteiger charge is 2.21. The topological polar surface area (TPSA) is 3.24 Å². The molecule has 0 aromatic rings.